The number of ether oxygens (including phenoxy) is 2. The Balaban J connectivity index is 5.17. The second-order valence-corrected chi connectivity index (χ2v) is 12.0. The third kappa shape index (κ3) is 21.7. The molecule has 264 valence electrons. The molecular weight excluding hydrogens is 600 g/mol. The summed E-state index contributed by atoms with van der Waals surface area (Å²) in [6.45, 7) is 12.4. The van der Waals surface area contributed by atoms with Crippen LogP contribution in [0.4, 0.5) is 0 Å². The van der Waals surface area contributed by atoms with Crippen LogP contribution in [0.15, 0.2) is 47.9 Å². The second-order valence-electron chi connectivity index (χ2n) is 12.0. The van der Waals surface area contributed by atoms with Crippen molar-refractivity contribution in [1.82, 2.24) is 9.80 Å². The topological polar surface area (TPSA) is 167 Å². The summed E-state index contributed by atoms with van der Waals surface area (Å²) in [6, 6.07) is 3.72. The summed E-state index contributed by atoms with van der Waals surface area (Å²) >= 11 is 0. The van der Waals surface area contributed by atoms with Crippen LogP contribution in [0.25, 0.3) is 0 Å². The van der Waals surface area contributed by atoms with Crippen molar-refractivity contribution in [3.05, 3.63) is 47.9 Å². The van der Waals surface area contributed by atoms with E-state index in [9.17, 15) is 30.3 Å². The van der Waals surface area contributed by atoms with E-state index >= 15 is 0 Å². The molecule has 4 atom stereocenters. The average molecular weight is 659 g/mol. The fourth-order valence-corrected chi connectivity index (χ4v) is 4.51. The van der Waals surface area contributed by atoms with E-state index in [0.717, 1.165) is 64.5 Å². The van der Waals surface area contributed by atoms with Crippen molar-refractivity contribution in [2.75, 3.05) is 46.0 Å². The summed E-state index contributed by atoms with van der Waals surface area (Å²) in [5.41, 5.74) is -0.258. The molecule has 0 rings (SSSR count). The molecule has 0 saturated heterocycles. The van der Waals surface area contributed by atoms with Gasteiger partial charge in [0.15, 0.2) is 0 Å². The van der Waals surface area contributed by atoms with Crippen molar-refractivity contribution in [3.8, 4) is 12.1 Å². The number of carbonyl (C=O) groups excluding carboxylic acids is 2. The number of hydrogen-bond acceptors (Lipinski definition) is 11. The van der Waals surface area contributed by atoms with Crippen LogP contribution >= 0.6 is 0 Å². The molecule has 0 aromatic rings. The van der Waals surface area contributed by atoms with Gasteiger partial charge in [0.05, 0.1) is 19.3 Å². The number of nitriles is 2. The number of rotatable bonds is 26. The highest BCUT2D eigenvalue weighted by molar-refractivity contribution is 5.93. The SMILES string of the molecule is CCCCCCOC(=O)/C(C#N)=C/C=C/N(CC(C)O)CC(C)C(C)CCCN(/C=C/C=C(\C#N)C(=O)OCC(O)CO)CCCC. The molecule has 0 aromatic carbocycles. The van der Waals surface area contributed by atoms with Crippen molar-refractivity contribution in [1.29, 1.82) is 10.5 Å². The highest BCUT2D eigenvalue weighted by Crippen LogP contribution is 2.19. The predicted octanol–water partition coefficient (Wildman–Crippen LogP) is 4.77. The monoisotopic (exact) mass is 658 g/mol. The molecule has 0 amide bonds. The van der Waals surface area contributed by atoms with E-state index in [2.05, 4.69) is 32.6 Å². The van der Waals surface area contributed by atoms with E-state index in [1.807, 2.05) is 23.2 Å². The van der Waals surface area contributed by atoms with Gasteiger partial charge in [-0.05, 0) is 81.1 Å². The average Bonchev–Trinajstić information content (AvgIpc) is 3.05. The Labute approximate surface area is 282 Å². The lowest BCUT2D eigenvalue weighted by atomic mass is 9.91. The Bertz CT molecular complexity index is 1090. The van der Waals surface area contributed by atoms with Gasteiger partial charge in [-0.1, -0.05) is 53.4 Å². The molecule has 0 fully saturated rings. The third-order valence-electron chi connectivity index (χ3n) is 7.55. The van der Waals surface area contributed by atoms with Crippen LogP contribution in [0, 0.1) is 34.5 Å². The van der Waals surface area contributed by atoms with Gasteiger partial charge in [0.2, 0.25) is 0 Å². The zero-order valence-corrected chi connectivity index (χ0v) is 29.1. The van der Waals surface area contributed by atoms with Gasteiger partial charge in [-0.3, -0.25) is 0 Å². The summed E-state index contributed by atoms with van der Waals surface area (Å²) in [4.78, 5) is 28.5. The fraction of sp³-hybridized carbons (Fsp3) is 0.667. The highest BCUT2D eigenvalue weighted by Gasteiger charge is 2.17. The van der Waals surface area contributed by atoms with Crippen molar-refractivity contribution >= 4 is 11.9 Å². The first-order valence-electron chi connectivity index (χ1n) is 16.9. The van der Waals surface area contributed by atoms with Crippen LogP contribution in [-0.4, -0.2) is 95.3 Å². The lowest BCUT2D eigenvalue weighted by molar-refractivity contribution is -0.142. The van der Waals surface area contributed by atoms with Crippen molar-refractivity contribution in [2.45, 2.75) is 98.2 Å². The van der Waals surface area contributed by atoms with Crippen molar-refractivity contribution < 1.29 is 34.4 Å². The molecule has 0 aliphatic carbocycles. The normalized spacial score (nSPS) is 14.7. The Morgan fingerprint density at radius 2 is 1.34 bits per heavy atom. The molecule has 0 saturated carbocycles. The van der Waals surface area contributed by atoms with Crippen molar-refractivity contribution in [3.63, 3.8) is 0 Å². The van der Waals surface area contributed by atoms with Crippen molar-refractivity contribution in [2.24, 2.45) is 11.8 Å². The highest BCUT2D eigenvalue weighted by atomic mass is 16.5. The van der Waals surface area contributed by atoms with Crippen LogP contribution in [-0.2, 0) is 19.1 Å². The minimum Gasteiger partial charge on any atom is -0.462 e. The number of carbonyl (C=O) groups is 2. The van der Waals surface area contributed by atoms with E-state index in [4.69, 9.17) is 14.6 Å². The summed E-state index contributed by atoms with van der Waals surface area (Å²) < 4.78 is 10.1. The zero-order valence-electron chi connectivity index (χ0n) is 29.1. The first kappa shape index (κ1) is 43.4. The molecule has 0 spiro atoms. The Morgan fingerprint density at radius 3 is 1.89 bits per heavy atom. The van der Waals surface area contributed by atoms with E-state index in [-0.39, 0.29) is 17.8 Å². The van der Waals surface area contributed by atoms with Gasteiger partial charge < -0.3 is 34.6 Å². The van der Waals surface area contributed by atoms with Gasteiger partial charge in [-0.2, -0.15) is 10.5 Å². The largest absolute Gasteiger partial charge is 0.462 e. The lowest BCUT2D eigenvalue weighted by Crippen LogP contribution is -2.32. The predicted molar refractivity (Wildman–Crippen MR) is 182 cm³/mol. The molecule has 0 bridgehead atoms. The number of esters is 2. The number of aliphatic hydroxyl groups excluding tert-OH is 3. The summed E-state index contributed by atoms with van der Waals surface area (Å²) in [7, 11) is 0. The van der Waals surface area contributed by atoms with Gasteiger partial charge in [0.25, 0.3) is 0 Å². The van der Waals surface area contributed by atoms with Crippen LogP contribution in [0.3, 0.4) is 0 Å². The van der Waals surface area contributed by atoms with Crippen LogP contribution < -0.4 is 0 Å². The Kier molecular flexibility index (Phi) is 25.3. The van der Waals surface area contributed by atoms with Gasteiger partial charge in [0, 0.05) is 26.2 Å². The van der Waals surface area contributed by atoms with Crippen LogP contribution in [0.1, 0.15) is 86.0 Å². The first-order chi connectivity index (χ1) is 22.5. The van der Waals surface area contributed by atoms with E-state index in [1.165, 1.54) is 12.2 Å². The standard InChI is InChI=1S/C36H58N4O7/c1-6-8-10-11-22-46-35(44)32(23-37)17-14-21-40(26-31(5)42)25-30(4)29(3)15-12-19-39(18-9-7-2)20-13-16-33(24-38)36(45)47-28-34(43)27-41/h13-14,16-17,20-21,29-31,34,41-43H,6-12,15,18-19,22,25-28H2,1-5H3/b20-13+,21-14+,32-17+,33-16+. The molecule has 11 nitrogen and oxygen atoms in total. The smallest absolute Gasteiger partial charge is 0.348 e. The molecular formula is C36H58N4O7. The van der Waals surface area contributed by atoms with Crippen LogP contribution in [0.2, 0.25) is 0 Å². The third-order valence-corrected chi connectivity index (χ3v) is 7.55. The summed E-state index contributed by atoms with van der Waals surface area (Å²) in [5.74, 6) is -0.815. The maximum absolute atomic E-state index is 12.3. The van der Waals surface area contributed by atoms with Gasteiger partial charge in [-0.15, -0.1) is 0 Å². The maximum Gasteiger partial charge on any atom is 0.348 e. The maximum atomic E-state index is 12.3. The zero-order chi connectivity index (χ0) is 35.5. The van der Waals surface area contributed by atoms with E-state index in [1.54, 1.807) is 25.3 Å². The van der Waals surface area contributed by atoms with Crippen LogP contribution in [0.5, 0.6) is 0 Å². The lowest BCUT2D eigenvalue weighted by Gasteiger charge is -2.29. The molecule has 0 radical (unpaired) electrons. The van der Waals surface area contributed by atoms with Gasteiger partial charge in [0.1, 0.15) is 36.0 Å². The summed E-state index contributed by atoms with van der Waals surface area (Å²) in [5, 5.41) is 47.0. The molecule has 3 N–H and O–H groups in total. The fourth-order valence-electron chi connectivity index (χ4n) is 4.51. The van der Waals surface area contributed by atoms with Gasteiger partial charge >= 0.3 is 11.9 Å². The number of allylic oxidation sites excluding steroid dienone is 4. The quantitative estimate of drug-likeness (QED) is 0.0385. The molecule has 11 heteroatoms. The minimum absolute atomic E-state index is 0.0611. The van der Waals surface area contributed by atoms with E-state index in [0.29, 0.717) is 31.5 Å². The number of aliphatic hydroxyl groups is 3. The number of nitrogens with zero attached hydrogens (tertiary/aromatic N) is 4. The molecule has 47 heavy (non-hydrogen) atoms. The second kappa shape index (κ2) is 27.5. The number of unbranched alkanes of at least 4 members (excludes halogenated alkanes) is 4. The summed E-state index contributed by atoms with van der Waals surface area (Å²) in [6.07, 6.45) is 15.9. The Morgan fingerprint density at radius 1 is 0.766 bits per heavy atom. The van der Waals surface area contributed by atoms with Gasteiger partial charge in [-0.25, -0.2) is 9.59 Å². The molecule has 0 aromatic heterocycles. The molecule has 0 heterocycles. The van der Waals surface area contributed by atoms with E-state index < -0.39 is 30.8 Å². The Hall–Kier alpha value is -3.64. The first-order valence-corrected chi connectivity index (χ1v) is 16.9. The minimum atomic E-state index is -1.19. The molecule has 0 aliphatic heterocycles. The number of hydrogen-bond donors (Lipinski definition) is 3. The molecule has 4 unspecified atom stereocenters. The molecule has 0 aliphatic rings.